The lowest BCUT2D eigenvalue weighted by Crippen LogP contribution is -2.36. The highest BCUT2D eigenvalue weighted by molar-refractivity contribution is 5.95. The molecule has 1 fully saturated rings. The largest absolute Gasteiger partial charge is 0.349 e. The van der Waals surface area contributed by atoms with Crippen LogP contribution in [0.4, 0.5) is 11.5 Å². The highest BCUT2D eigenvalue weighted by atomic mass is 16.1. The third-order valence-electron chi connectivity index (χ3n) is 5.35. The lowest BCUT2D eigenvalue weighted by atomic mass is 9.95. The van der Waals surface area contributed by atoms with Gasteiger partial charge in [0.25, 0.3) is 5.91 Å². The number of amides is 1. The van der Waals surface area contributed by atoms with Gasteiger partial charge in [-0.3, -0.25) is 4.79 Å². The Bertz CT molecular complexity index is 961. The average molecular weight is 386 g/mol. The number of carbonyl (C=O) groups excluding carboxylic acids is 1. The molecule has 1 aliphatic carbocycles. The maximum Gasteiger partial charge on any atom is 0.251 e. The second-order valence-electron chi connectivity index (χ2n) is 7.68. The van der Waals surface area contributed by atoms with Gasteiger partial charge in [-0.15, -0.1) is 10.2 Å². The molecule has 29 heavy (non-hydrogen) atoms. The Morgan fingerprint density at radius 2 is 1.72 bits per heavy atom. The lowest BCUT2D eigenvalue weighted by molar-refractivity contribution is 0.0928. The van der Waals surface area contributed by atoms with Crippen LogP contribution in [-0.2, 0) is 0 Å². The van der Waals surface area contributed by atoms with Gasteiger partial charge in [0.1, 0.15) is 0 Å². The van der Waals surface area contributed by atoms with Gasteiger partial charge in [-0.05, 0) is 50.1 Å². The van der Waals surface area contributed by atoms with E-state index in [1.165, 1.54) is 24.8 Å². The van der Waals surface area contributed by atoms with E-state index in [9.17, 15) is 4.79 Å². The van der Waals surface area contributed by atoms with Crippen molar-refractivity contribution in [2.24, 2.45) is 0 Å². The normalized spacial score (nSPS) is 14.4. The van der Waals surface area contributed by atoms with Crippen LogP contribution in [0, 0.1) is 6.92 Å². The zero-order chi connectivity index (χ0) is 20.1. The van der Waals surface area contributed by atoms with Gasteiger partial charge in [0.15, 0.2) is 5.82 Å². The number of nitrogens with one attached hydrogen (secondary N) is 2. The summed E-state index contributed by atoms with van der Waals surface area (Å²) in [4.78, 5) is 12.6. The lowest BCUT2D eigenvalue weighted by Gasteiger charge is -2.22. The first-order chi connectivity index (χ1) is 14.2. The third kappa shape index (κ3) is 4.99. The van der Waals surface area contributed by atoms with Gasteiger partial charge in [-0.1, -0.05) is 55.2 Å². The Kier molecular flexibility index (Phi) is 5.84. The summed E-state index contributed by atoms with van der Waals surface area (Å²) >= 11 is 0. The molecule has 5 nitrogen and oxygen atoms in total. The molecule has 2 N–H and O–H groups in total. The van der Waals surface area contributed by atoms with E-state index in [2.05, 4.69) is 39.9 Å². The maximum absolute atomic E-state index is 12.6. The summed E-state index contributed by atoms with van der Waals surface area (Å²) in [6.45, 7) is 2.06. The van der Waals surface area contributed by atoms with Crippen molar-refractivity contribution in [2.75, 3.05) is 5.32 Å². The second kappa shape index (κ2) is 8.86. The maximum atomic E-state index is 12.6. The van der Waals surface area contributed by atoms with E-state index >= 15 is 0 Å². The molecule has 2 aromatic carbocycles. The summed E-state index contributed by atoms with van der Waals surface area (Å²) in [5.74, 6) is 0.632. The van der Waals surface area contributed by atoms with Crippen LogP contribution in [0.5, 0.6) is 0 Å². The van der Waals surface area contributed by atoms with Crippen molar-refractivity contribution < 1.29 is 4.79 Å². The van der Waals surface area contributed by atoms with Gasteiger partial charge in [0, 0.05) is 22.9 Å². The third-order valence-corrected chi connectivity index (χ3v) is 5.35. The van der Waals surface area contributed by atoms with Crippen LogP contribution in [0.3, 0.4) is 0 Å². The second-order valence-corrected chi connectivity index (χ2v) is 7.68. The molecule has 0 spiro atoms. The Balaban J connectivity index is 1.42. The van der Waals surface area contributed by atoms with E-state index in [0.717, 1.165) is 29.8 Å². The molecule has 0 saturated heterocycles. The Hall–Kier alpha value is -3.21. The molecule has 1 heterocycles. The van der Waals surface area contributed by atoms with Crippen LogP contribution in [0.2, 0.25) is 0 Å². The SMILES string of the molecule is Cc1ccc(-c2ccc(Nc3cccc(C(=O)NC4CCCCC4)c3)nn2)cc1. The van der Waals surface area contributed by atoms with E-state index in [-0.39, 0.29) is 5.91 Å². The molecular formula is C24H26N4O. The summed E-state index contributed by atoms with van der Waals surface area (Å²) in [5.41, 5.74) is 4.56. The van der Waals surface area contributed by atoms with Crippen molar-refractivity contribution in [1.29, 1.82) is 0 Å². The summed E-state index contributed by atoms with van der Waals surface area (Å²) in [5, 5.41) is 15.0. The predicted molar refractivity (Wildman–Crippen MR) is 116 cm³/mol. The fraction of sp³-hybridized carbons (Fsp3) is 0.292. The Labute approximate surface area is 171 Å². The van der Waals surface area contributed by atoms with Crippen molar-refractivity contribution in [3.05, 3.63) is 71.8 Å². The van der Waals surface area contributed by atoms with Crippen LogP contribution in [0.1, 0.15) is 48.0 Å². The summed E-state index contributed by atoms with van der Waals surface area (Å²) < 4.78 is 0. The van der Waals surface area contributed by atoms with E-state index in [4.69, 9.17) is 0 Å². The highest BCUT2D eigenvalue weighted by Crippen LogP contribution is 2.21. The standard InChI is InChI=1S/C24H26N4O/c1-17-10-12-18(13-11-17)22-14-15-23(28-27-22)25-21-9-5-6-19(16-21)24(29)26-20-7-3-2-4-8-20/h5-6,9-16,20H,2-4,7-8H2,1H3,(H,25,28)(H,26,29). The summed E-state index contributed by atoms with van der Waals surface area (Å²) in [6.07, 6.45) is 5.82. The van der Waals surface area contributed by atoms with Crippen LogP contribution < -0.4 is 10.6 Å². The minimum absolute atomic E-state index is 0.0126. The van der Waals surface area contributed by atoms with Crippen molar-refractivity contribution in [3.63, 3.8) is 0 Å². The molecule has 5 heteroatoms. The van der Waals surface area contributed by atoms with Gasteiger partial charge < -0.3 is 10.6 Å². The van der Waals surface area contributed by atoms with Crippen molar-refractivity contribution in [2.45, 2.75) is 45.1 Å². The Morgan fingerprint density at radius 3 is 2.45 bits per heavy atom. The smallest absolute Gasteiger partial charge is 0.251 e. The number of rotatable bonds is 5. The minimum Gasteiger partial charge on any atom is -0.349 e. The quantitative estimate of drug-likeness (QED) is 0.628. The molecule has 0 aliphatic heterocycles. The van der Waals surface area contributed by atoms with Crippen LogP contribution in [-0.4, -0.2) is 22.1 Å². The average Bonchev–Trinajstić information content (AvgIpc) is 2.76. The van der Waals surface area contributed by atoms with Crippen LogP contribution in [0.25, 0.3) is 11.3 Å². The molecule has 1 aliphatic rings. The molecule has 4 rings (SSSR count). The molecule has 0 unspecified atom stereocenters. The number of aryl methyl sites for hydroxylation is 1. The molecule has 0 atom stereocenters. The summed E-state index contributed by atoms with van der Waals surface area (Å²) in [6, 6.07) is 19.9. The number of anilines is 2. The minimum atomic E-state index is -0.0126. The number of nitrogens with zero attached hydrogens (tertiary/aromatic N) is 2. The number of benzene rings is 2. The first kappa shape index (κ1) is 19.1. The van der Waals surface area contributed by atoms with Gasteiger partial charge in [-0.2, -0.15) is 0 Å². The van der Waals surface area contributed by atoms with E-state index in [1.54, 1.807) is 0 Å². The zero-order valence-electron chi connectivity index (χ0n) is 16.7. The Morgan fingerprint density at radius 1 is 0.931 bits per heavy atom. The van der Waals surface area contributed by atoms with Gasteiger partial charge in [0.2, 0.25) is 0 Å². The van der Waals surface area contributed by atoms with E-state index in [0.29, 0.717) is 17.4 Å². The van der Waals surface area contributed by atoms with Gasteiger partial charge in [-0.25, -0.2) is 0 Å². The van der Waals surface area contributed by atoms with Gasteiger partial charge in [0.05, 0.1) is 5.69 Å². The van der Waals surface area contributed by atoms with E-state index in [1.807, 2.05) is 48.5 Å². The monoisotopic (exact) mass is 386 g/mol. The molecule has 3 aromatic rings. The number of hydrogen-bond donors (Lipinski definition) is 2. The predicted octanol–water partition coefficient (Wildman–Crippen LogP) is 5.26. The molecule has 1 saturated carbocycles. The van der Waals surface area contributed by atoms with Gasteiger partial charge >= 0.3 is 0 Å². The number of carbonyl (C=O) groups is 1. The van der Waals surface area contributed by atoms with E-state index < -0.39 is 0 Å². The fourth-order valence-electron chi connectivity index (χ4n) is 3.68. The zero-order valence-corrected chi connectivity index (χ0v) is 16.7. The number of aromatic nitrogens is 2. The summed E-state index contributed by atoms with van der Waals surface area (Å²) in [7, 11) is 0. The van der Waals surface area contributed by atoms with Crippen LogP contribution >= 0.6 is 0 Å². The number of hydrogen-bond acceptors (Lipinski definition) is 4. The first-order valence-corrected chi connectivity index (χ1v) is 10.3. The topological polar surface area (TPSA) is 66.9 Å². The molecule has 148 valence electrons. The molecular weight excluding hydrogens is 360 g/mol. The highest BCUT2D eigenvalue weighted by Gasteiger charge is 2.16. The van der Waals surface area contributed by atoms with Crippen molar-refractivity contribution in [3.8, 4) is 11.3 Å². The molecule has 0 bridgehead atoms. The molecule has 1 aromatic heterocycles. The first-order valence-electron chi connectivity index (χ1n) is 10.3. The fourth-order valence-corrected chi connectivity index (χ4v) is 3.68. The van der Waals surface area contributed by atoms with Crippen molar-refractivity contribution in [1.82, 2.24) is 15.5 Å². The molecule has 1 amide bonds. The van der Waals surface area contributed by atoms with Crippen molar-refractivity contribution >= 4 is 17.4 Å². The molecule has 0 radical (unpaired) electrons. The van der Waals surface area contributed by atoms with Crippen LogP contribution in [0.15, 0.2) is 60.7 Å².